The Morgan fingerprint density at radius 1 is 1.47 bits per heavy atom. The van der Waals surface area contributed by atoms with Crippen LogP contribution in [0.2, 0.25) is 0 Å². The van der Waals surface area contributed by atoms with Gasteiger partial charge in [0.25, 0.3) is 0 Å². The second-order valence-corrected chi connectivity index (χ2v) is 6.14. The second kappa shape index (κ2) is 7.43. The molecule has 0 spiro atoms. The topological polar surface area (TPSA) is 99.5 Å². The van der Waals surface area contributed by atoms with Gasteiger partial charge in [0.2, 0.25) is 10.0 Å². The number of nitrogens with one attached hydrogen (secondary N) is 1. The van der Waals surface area contributed by atoms with Crippen molar-refractivity contribution >= 4 is 16.0 Å². The summed E-state index contributed by atoms with van der Waals surface area (Å²) in [6, 6.07) is 1.89. The number of nitrogens with zero attached hydrogens (tertiary/aromatic N) is 2. The second-order valence-electron chi connectivity index (χ2n) is 4.39. The Morgan fingerprint density at radius 3 is 2.63 bits per heavy atom. The van der Waals surface area contributed by atoms with Gasteiger partial charge in [0.05, 0.1) is 19.2 Å². The van der Waals surface area contributed by atoms with E-state index in [4.69, 9.17) is 5.26 Å². The quantitative estimate of drug-likeness (QED) is 0.520. The zero-order chi connectivity index (χ0) is 14.3. The molecule has 0 saturated carbocycles. The minimum absolute atomic E-state index is 0.168. The van der Waals surface area contributed by atoms with Crippen molar-refractivity contribution in [2.75, 3.05) is 32.0 Å². The van der Waals surface area contributed by atoms with Gasteiger partial charge in [-0.15, -0.1) is 0 Å². The minimum Gasteiger partial charge on any atom is -0.465 e. The third kappa shape index (κ3) is 6.00. The lowest BCUT2D eigenvalue weighted by atomic mass is 10.1. The van der Waals surface area contributed by atoms with Crippen molar-refractivity contribution in [1.82, 2.24) is 9.62 Å². The number of hydrogen-bond donors (Lipinski definition) is 1. The van der Waals surface area contributed by atoms with E-state index in [1.54, 1.807) is 6.92 Å². The highest BCUT2D eigenvalue weighted by Crippen LogP contribution is 2.10. The number of carbonyl (C=O) groups excluding carboxylic acids is 1. The molecule has 0 radical (unpaired) electrons. The molecule has 1 saturated heterocycles. The van der Waals surface area contributed by atoms with E-state index in [9.17, 15) is 13.2 Å². The van der Waals surface area contributed by atoms with E-state index in [-0.39, 0.29) is 12.6 Å². The summed E-state index contributed by atoms with van der Waals surface area (Å²) in [6.45, 7) is 3.52. The van der Waals surface area contributed by atoms with Crippen molar-refractivity contribution in [3.63, 3.8) is 0 Å². The van der Waals surface area contributed by atoms with Crippen LogP contribution in [0.25, 0.3) is 0 Å². The highest BCUT2D eigenvalue weighted by atomic mass is 32.2. The molecule has 1 fully saturated rings. The largest absolute Gasteiger partial charge is 0.465 e. The van der Waals surface area contributed by atoms with Crippen LogP contribution in [0.5, 0.6) is 0 Å². The molecule has 0 bridgehead atoms. The SMILES string of the molecule is CCOC(=O)CS(=O)(=O)NC1CCN(CC#N)CC1. The van der Waals surface area contributed by atoms with Crippen molar-refractivity contribution in [2.45, 2.75) is 25.8 Å². The third-order valence-corrected chi connectivity index (χ3v) is 4.15. The van der Waals surface area contributed by atoms with Crippen LogP contribution >= 0.6 is 0 Å². The molecule has 0 aromatic carbocycles. The van der Waals surface area contributed by atoms with E-state index in [1.807, 2.05) is 4.90 Å². The average molecular weight is 289 g/mol. The fourth-order valence-corrected chi connectivity index (χ4v) is 3.18. The molecule has 0 aromatic heterocycles. The van der Waals surface area contributed by atoms with Crippen molar-refractivity contribution < 1.29 is 17.9 Å². The first kappa shape index (κ1) is 15.9. The number of carbonyl (C=O) groups is 1. The molecule has 0 amide bonds. The minimum atomic E-state index is -3.64. The molecular formula is C11H19N3O4S. The molecule has 0 unspecified atom stereocenters. The van der Waals surface area contributed by atoms with Crippen LogP contribution in [0.3, 0.4) is 0 Å². The van der Waals surface area contributed by atoms with Crippen LogP contribution in [0.1, 0.15) is 19.8 Å². The molecule has 1 N–H and O–H groups in total. The van der Waals surface area contributed by atoms with Gasteiger partial charge in [-0.2, -0.15) is 5.26 Å². The van der Waals surface area contributed by atoms with Gasteiger partial charge in [-0.3, -0.25) is 9.69 Å². The predicted octanol–water partition coefficient (Wildman–Crippen LogP) is -0.543. The number of hydrogen-bond acceptors (Lipinski definition) is 6. The van der Waals surface area contributed by atoms with Crippen molar-refractivity contribution in [2.24, 2.45) is 0 Å². The van der Waals surface area contributed by atoms with Crippen molar-refractivity contribution in [1.29, 1.82) is 5.26 Å². The van der Waals surface area contributed by atoms with Gasteiger partial charge in [0, 0.05) is 19.1 Å². The Kier molecular flexibility index (Phi) is 6.21. The molecule has 19 heavy (non-hydrogen) atoms. The number of nitriles is 1. The average Bonchev–Trinajstić information content (AvgIpc) is 2.31. The first-order valence-electron chi connectivity index (χ1n) is 6.21. The smallest absolute Gasteiger partial charge is 0.322 e. The van der Waals surface area contributed by atoms with Crippen LogP contribution in [-0.2, 0) is 19.6 Å². The monoisotopic (exact) mass is 289 g/mol. The molecular weight excluding hydrogens is 270 g/mol. The van der Waals surface area contributed by atoms with Gasteiger partial charge < -0.3 is 4.74 Å². The fourth-order valence-electron chi connectivity index (χ4n) is 1.96. The highest BCUT2D eigenvalue weighted by molar-refractivity contribution is 7.90. The Labute approximate surface area is 113 Å². The molecule has 1 heterocycles. The summed E-state index contributed by atoms with van der Waals surface area (Å²) >= 11 is 0. The van der Waals surface area contributed by atoms with E-state index < -0.39 is 21.7 Å². The lowest BCUT2D eigenvalue weighted by Crippen LogP contribution is -2.46. The summed E-state index contributed by atoms with van der Waals surface area (Å²) in [5, 5.41) is 8.57. The Bertz CT molecular complexity index is 435. The number of rotatable bonds is 6. The molecule has 0 aromatic rings. The predicted molar refractivity (Wildman–Crippen MR) is 68.6 cm³/mol. The molecule has 0 atom stereocenters. The zero-order valence-corrected chi connectivity index (χ0v) is 11.8. The van der Waals surface area contributed by atoms with Crippen LogP contribution < -0.4 is 4.72 Å². The maximum atomic E-state index is 11.7. The van der Waals surface area contributed by atoms with Crippen LogP contribution in [-0.4, -0.2) is 57.3 Å². The van der Waals surface area contributed by atoms with Gasteiger partial charge in [0.1, 0.15) is 0 Å². The lowest BCUT2D eigenvalue weighted by Gasteiger charge is -2.30. The van der Waals surface area contributed by atoms with Crippen LogP contribution in [0.4, 0.5) is 0 Å². The van der Waals surface area contributed by atoms with E-state index in [0.29, 0.717) is 32.5 Å². The summed E-state index contributed by atoms with van der Waals surface area (Å²) in [7, 11) is -3.64. The number of ether oxygens (including phenoxy) is 1. The van der Waals surface area contributed by atoms with Crippen LogP contribution in [0.15, 0.2) is 0 Å². The van der Waals surface area contributed by atoms with Crippen molar-refractivity contribution in [3.05, 3.63) is 0 Å². The molecule has 0 aliphatic carbocycles. The molecule has 108 valence electrons. The maximum absolute atomic E-state index is 11.7. The van der Waals surface area contributed by atoms with Gasteiger partial charge in [0.15, 0.2) is 5.75 Å². The number of likely N-dealkylation sites (tertiary alicyclic amines) is 1. The van der Waals surface area contributed by atoms with E-state index in [1.165, 1.54) is 0 Å². The standard InChI is InChI=1S/C11H19N3O4S/c1-2-18-11(15)9-19(16,17)13-10-3-6-14(7-4-10)8-5-12/h10,13H,2-4,6-9H2,1H3. The Balaban J connectivity index is 2.39. The Hall–Kier alpha value is -1.17. The summed E-state index contributed by atoms with van der Waals surface area (Å²) in [6.07, 6.45) is 1.29. The van der Waals surface area contributed by atoms with Gasteiger partial charge in [-0.1, -0.05) is 0 Å². The van der Waals surface area contributed by atoms with Crippen molar-refractivity contribution in [3.8, 4) is 6.07 Å². The first-order chi connectivity index (χ1) is 8.96. The summed E-state index contributed by atoms with van der Waals surface area (Å²) < 4.78 is 30.5. The fraction of sp³-hybridized carbons (Fsp3) is 0.818. The third-order valence-electron chi connectivity index (χ3n) is 2.84. The molecule has 1 aliphatic heterocycles. The first-order valence-corrected chi connectivity index (χ1v) is 7.87. The van der Waals surface area contributed by atoms with E-state index in [0.717, 1.165) is 0 Å². The lowest BCUT2D eigenvalue weighted by molar-refractivity contribution is -0.139. The zero-order valence-electron chi connectivity index (χ0n) is 11.0. The number of piperidine rings is 1. The van der Waals surface area contributed by atoms with E-state index in [2.05, 4.69) is 15.5 Å². The molecule has 1 aliphatic rings. The maximum Gasteiger partial charge on any atom is 0.322 e. The van der Waals surface area contributed by atoms with Gasteiger partial charge in [-0.25, -0.2) is 13.1 Å². The summed E-state index contributed by atoms with van der Waals surface area (Å²) in [5.41, 5.74) is 0. The Morgan fingerprint density at radius 2 is 2.11 bits per heavy atom. The van der Waals surface area contributed by atoms with Gasteiger partial charge in [-0.05, 0) is 19.8 Å². The molecule has 1 rings (SSSR count). The number of sulfonamides is 1. The van der Waals surface area contributed by atoms with E-state index >= 15 is 0 Å². The van der Waals surface area contributed by atoms with Crippen LogP contribution in [0, 0.1) is 11.3 Å². The highest BCUT2D eigenvalue weighted by Gasteiger charge is 2.25. The number of esters is 1. The summed E-state index contributed by atoms with van der Waals surface area (Å²) in [4.78, 5) is 13.1. The molecule has 7 nitrogen and oxygen atoms in total. The summed E-state index contributed by atoms with van der Waals surface area (Å²) in [5.74, 6) is -1.38. The van der Waals surface area contributed by atoms with Gasteiger partial charge >= 0.3 is 5.97 Å². The molecule has 8 heteroatoms. The normalized spacial score (nSPS) is 17.9.